The zero-order valence-corrected chi connectivity index (χ0v) is 13.9. The number of para-hydroxylation sites is 3. The zero-order valence-electron chi connectivity index (χ0n) is 13.9. The van der Waals surface area contributed by atoms with Crippen molar-refractivity contribution in [2.45, 2.75) is 13.5 Å². The second-order valence-electron chi connectivity index (χ2n) is 5.80. The van der Waals surface area contributed by atoms with Crippen LogP contribution in [0.15, 0.2) is 53.5 Å². The normalized spacial score (nSPS) is 11.0. The molecule has 0 saturated heterocycles. The van der Waals surface area contributed by atoms with Crippen molar-refractivity contribution in [3.63, 3.8) is 0 Å². The lowest BCUT2D eigenvalue weighted by molar-refractivity contribution is 0.0455. The number of carbonyl (C=O) groups is 1. The van der Waals surface area contributed by atoms with Gasteiger partial charge in [0.1, 0.15) is 12.4 Å². The Bertz CT molecular complexity index is 1200. The van der Waals surface area contributed by atoms with Crippen LogP contribution >= 0.6 is 0 Å². The summed E-state index contributed by atoms with van der Waals surface area (Å²) >= 11 is 0. The number of nitrogens with zero attached hydrogens (tertiary/aromatic N) is 3. The van der Waals surface area contributed by atoms with E-state index in [0.29, 0.717) is 21.9 Å². The Balaban J connectivity index is 1.58. The molecular weight excluding hydrogens is 332 g/mol. The van der Waals surface area contributed by atoms with Crippen molar-refractivity contribution in [2.75, 3.05) is 0 Å². The Morgan fingerprint density at radius 2 is 1.88 bits per heavy atom. The fraction of sp³-hybridized carbons (Fsp3) is 0.105. The summed E-state index contributed by atoms with van der Waals surface area (Å²) in [7, 11) is 0. The lowest BCUT2D eigenvalue weighted by atomic mass is 10.1. The first-order chi connectivity index (χ1) is 12.6. The smallest absolute Gasteiger partial charge is 0.359 e. The minimum atomic E-state index is -0.629. The van der Waals surface area contributed by atoms with E-state index in [-0.39, 0.29) is 23.7 Å². The van der Waals surface area contributed by atoms with Crippen LogP contribution in [0.25, 0.3) is 21.9 Å². The number of fused-ring (bicyclic) bond motifs is 2. The van der Waals surface area contributed by atoms with Crippen LogP contribution in [-0.2, 0) is 11.3 Å². The lowest BCUT2D eigenvalue weighted by Crippen LogP contribution is -2.15. The highest BCUT2D eigenvalue weighted by molar-refractivity contribution is 5.89. The van der Waals surface area contributed by atoms with Crippen molar-refractivity contribution in [2.24, 2.45) is 0 Å². The molecule has 7 nitrogen and oxygen atoms in total. The van der Waals surface area contributed by atoms with Crippen molar-refractivity contribution < 1.29 is 9.53 Å². The zero-order chi connectivity index (χ0) is 18.1. The Labute approximate surface area is 147 Å². The van der Waals surface area contributed by atoms with Crippen molar-refractivity contribution in [3.05, 3.63) is 76.1 Å². The monoisotopic (exact) mass is 346 g/mol. The predicted molar refractivity (Wildman–Crippen MR) is 95.8 cm³/mol. The summed E-state index contributed by atoms with van der Waals surface area (Å²) in [4.78, 5) is 39.8. The molecule has 0 aliphatic carbocycles. The van der Waals surface area contributed by atoms with Crippen LogP contribution in [0.2, 0.25) is 0 Å². The quantitative estimate of drug-likeness (QED) is 0.573. The van der Waals surface area contributed by atoms with Gasteiger partial charge in [0.25, 0.3) is 5.56 Å². The molecule has 26 heavy (non-hydrogen) atoms. The van der Waals surface area contributed by atoms with E-state index in [0.717, 1.165) is 5.56 Å². The number of rotatable bonds is 3. The van der Waals surface area contributed by atoms with Crippen molar-refractivity contribution in [1.29, 1.82) is 0 Å². The molecule has 0 spiro atoms. The predicted octanol–water partition coefficient (Wildman–Crippen LogP) is 2.53. The molecule has 0 bridgehead atoms. The molecule has 0 aliphatic heterocycles. The third kappa shape index (κ3) is 2.90. The number of benzene rings is 2. The Morgan fingerprint density at radius 3 is 2.73 bits per heavy atom. The summed E-state index contributed by atoms with van der Waals surface area (Å²) in [6.45, 7) is 1.71. The van der Waals surface area contributed by atoms with Crippen LogP contribution in [0, 0.1) is 6.92 Å². The van der Waals surface area contributed by atoms with Gasteiger partial charge in [-0.15, -0.1) is 0 Å². The maximum Gasteiger partial charge on any atom is 0.359 e. The fourth-order valence-electron chi connectivity index (χ4n) is 2.68. The van der Waals surface area contributed by atoms with E-state index >= 15 is 0 Å². The highest BCUT2D eigenvalue weighted by atomic mass is 16.5. The first kappa shape index (κ1) is 15.9. The number of aryl methyl sites for hydroxylation is 1. The third-order valence-electron chi connectivity index (χ3n) is 3.98. The van der Waals surface area contributed by atoms with Crippen LogP contribution in [0.1, 0.15) is 21.9 Å². The standard InChI is InChI=1S/C19H14N4O3/c1-11-5-4-6-12-17(11)22-16(23-18(12)24)10-26-19(25)15-9-20-13-7-2-3-8-14(13)21-15/h2-9H,10H2,1H3,(H,22,23,24). The van der Waals surface area contributed by atoms with Gasteiger partial charge in [0, 0.05) is 0 Å². The minimum Gasteiger partial charge on any atom is -0.453 e. The summed E-state index contributed by atoms with van der Waals surface area (Å²) < 4.78 is 5.23. The first-order valence-electron chi connectivity index (χ1n) is 7.99. The molecule has 0 radical (unpaired) electrons. The molecule has 1 N–H and O–H groups in total. The van der Waals surface area contributed by atoms with Crippen molar-refractivity contribution in [1.82, 2.24) is 19.9 Å². The van der Waals surface area contributed by atoms with Gasteiger partial charge in [-0.1, -0.05) is 24.3 Å². The van der Waals surface area contributed by atoms with E-state index in [2.05, 4.69) is 19.9 Å². The number of carbonyl (C=O) groups excluding carboxylic acids is 1. The third-order valence-corrected chi connectivity index (χ3v) is 3.98. The Morgan fingerprint density at radius 1 is 1.08 bits per heavy atom. The van der Waals surface area contributed by atoms with Crippen LogP contribution in [0.4, 0.5) is 0 Å². The van der Waals surface area contributed by atoms with E-state index in [1.165, 1.54) is 6.20 Å². The molecule has 0 amide bonds. The van der Waals surface area contributed by atoms with Gasteiger partial charge in [-0.05, 0) is 30.7 Å². The van der Waals surface area contributed by atoms with Crippen molar-refractivity contribution >= 4 is 27.9 Å². The van der Waals surface area contributed by atoms with Gasteiger partial charge in [-0.25, -0.2) is 14.8 Å². The summed E-state index contributed by atoms with van der Waals surface area (Å²) in [5, 5.41) is 0.500. The number of aromatic amines is 1. The van der Waals surface area contributed by atoms with E-state index in [1.807, 2.05) is 31.2 Å². The van der Waals surface area contributed by atoms with Gasteiger partial charge in [0.2, 0.25) is 0 Å². The Hall–Kier alpha value is -3.61. The van der Waals surface area contributed by atoms with Crippen LogP contribution in [0.3, 0.4) is 0 Å². The molecule has 2 aromatic heterocycles. The van der Waals surface area contributed by atoms with E-state index in [9.17, 15) is 9.59 Å². The summed E-state index contributed by atoms with van der Waals surface area (Å²) in [6.07, 6.45) is 1.37. The molecule has 7 heteroatoms. The van der Waals surface area contributed by atoms with Gasteiger partial charge < -0.3 is 9.72 Å². The van der Waals surface area contributed by atoms with E-state index < -0.39 is 5.97 Å². The second kappa shape index (κ2) is 6.36. The summed E-state index contributed by atoms with van der Waals surface area (Å²) in [6, 6.07) is 12.6. The molecule has 4 aromatic rings. The van der Waals surface area contributed by atoms with Gasteiger partial charge >= 0.3 is 5.97 Å². The molecule has 0 unspecified atom stereocenters. The average molecular weight is 346 g/mol. The number of ether oxygens (including phenoxy) is 1. The minimum absolute atomic E-state index is 0.100. The SMILES string of the molecule is Cc1cccc2c(=O)[nH]c(COC(=O)c3cnc4ccccc4n3)nc12. The summed E-state index contributed by atoms with van der Waals surface area (Å²) in [5.74, 6) is -0.352. The van der Waals surface area contributed by atoms with Gasteiger partial charge in [-0.3, -0.25) is 9.78 Å². The molecule has 2 aromatic carbocycles. The lowest BCUT2D eigenvalue weighted by Gasteiger charge is -2.06. The number of hydrogen-bond acceptors (Lipinski definition) is 6. The van der Waals surface area contributed by atoms with Gasteiger partial charge in [0.05, 0.1) is 28.1 Å². The van der Waals surface area contributed by atoms with E-state index in [1.54, 1.807) is 18.2 Å². The van der Waals surface area contributed by atoms with Gasteiger partial charge in [0.15, 0.2) is 5.69 Å². The molecule has 128 valence electrons. The maximum atomic E-state index is 12.2. The molecule has 2 heterocycles. The first-order valence-corrected chi connectivity index (χ1v) is 7.99. The number of H-pyrrole nitrogens is 1. The molecule has 0 saturated carbocycles. The average Bonchev–Trinajstić information content (AvgIpc) is 2.66. The van der Waals surface area contributed by atoms with Crippen LogP contribution in [-0.4, -0.2) is 25.9 Å². The molecule has 0 aliphatic rings. The molecule has 0 fully saturated rings. The number of nitrogens with one attached hydrogen (secondary N) is 1. The number of hydrogen-bond donors (Lipinski definition) is 1. The van der Waals surface area contributed by atoms with Crippen molar-refractivity contribution in [3.8, 4) is 0 Å². The largest absolute Gasteiger partial charge is 0.453 e. The second-order valence-corrected chi connectivity index (χ2v) is 5.80. The topological polar surface area (TPSA) is 97.8 Å². The summed E-state index contributed by atoms with van der Waals surface area (Å²) in [5.41, 5.74) is 2.60. The molecule has 0 atom stereocenters. The number of esters is 1. The highest BCUT2D eigenvalue weighted by Crippen LogP contribution is 2.13. The molecule has 4 rings (SSSR count). The fourth-order valence-corrected chi connectivity index (χ4v) is 2.68. The molecular formula is C19H14N4O3. The maximum absolute atomic E-state index is 12.2. The Kier molecular flexibility index (Phi) is 3.89. The van der Waals surface area contributed by atoms with Crippen LogP contribution < -0.4 is 5.56 Å². The highest BCUT2D eigenvalue weighted by Gasteiger charge is 2.13. The van der Waals surface area contributed by atoms with Gasteiger partial charge in [-0.2, -0.15) is 0 Å². The van der Waals surface area contributed by atoms with Crippen LogP contribution in [0.5, 0.6) is 0 Å². The number of aromatic nitrogens is 4. The van der Waals surface area contributed by atoms with E-state index in [4.69, 9.17) is 4.74 Å².